The number of fused-ring (bicyclic) bond motifs is 1. The molecule has 0 radical (unpaired) electrons. The van der Waals surface area contributed by atoms with Crippen LogP contribution in [0, 0.1) is 10.1 Å². The summed E-state index contributed by atoms with van der Waals surface area (Å²) < 4.78 is 4.91. The average Bonchev–Trinajstić information content (AvgIpc) is 2.62. The van der Waals surface area contributed by atoms with E-state index in [-0.39, 0.29) is 16.8 Å². The van der Waals surface area contributed by atoms with Gasteiger partial charge in [-0.25, -0.2) is 4.79 Å². The van der Waals surface area contributed by atoms with Gasteiger partial charge in [-0.2, -0.15) is 0 Å². The van der Waals surface area contributed by atoms with Crippen LogP contribution in [-0.4, -0.2) is 16.0 Å². The van der Waals surface area contributed by atoms with Gasteiger partial charge in [-0.05, 0) is 12.1 Å². The van der Waals surface area contributed by atoms with Crippen LogP contribution >= 0.6 is 0 Å². The van der Waals surface area contributed by atoms with Gasteiger partial charge in [0.25, 0.3) is 0 Å². The van der Waals surface area contributed by atoms with Gasteiger partial charge in [0.05, 0.1) is 16.7 Å². The lowest BCUT2D eigenvalue weighted by atomic mass is 10.1. The van der Waals surface area contributed by atoms with Crippen LogP contribution in [-0.2, 0) is 0 Å². The van der Waals surface area contributed by atoms with Gasteiger partial charge in [0.1, 0.15) is 0 Å². The first-order chi connectivity index (χ1) is 7.09. The van der Waals surface area contributed by atoms with E-state index in [1.807, 2.05) is 0 Å². The number of furan rings is 1. The minimum absolute atomic E-state index is 0.0880. The molecule has 2 rings (SSSR count). The molecule has 1 aromatic carbocycles. The third kappa shape index (κ3) is 1.41. The van der Waals surface area contributed by atoms with Crippen LogP contribution in [0.1, 0.15) is 10.4 Å². The smallest absolute Gasteiger partial charge is 0.335 e. The molecule has 6 nitrogen and oxygen atoms in total. The Morgan fingerprint density at radius 2 is 2.20 bits per heavy atom. The molecule has 2 aromatic rings. The van der Waals surface area contributed by atoms with E-state index in [0.29, 0.717) is 5.39 Å². The summed E-state index contributed by atoms with van der Waals surface area (Å²) in [7, 11) is 0. The van der Waals surface area contributed by atoms with Crippen molar-refractivity contribution >= 4 is 22.6 Å². The molecule has 0 aliphatic carbocycles. The number of aromatic carboxylic acids is 1. The highest BCUT2D eigenvalue weighted by Crippen LogP contribution is 2.28. The Kier molecular flexibility index (Phi) is 1.89. The SMILES string of the molecule is O=C(O)c1cc([N+](=O)[O-])c2occc2c1. The van der Waals surface area contributed by atoms with Crippen LogP contribution in [0.2, 0.25) is 0 Å². The molecule has 0 saturated heterocycles. The van der Waals surface area contributed by atoms with E-state index in [2.05, 4.69) is 0 Å². The van der Waals surface area contributed by atoms with Gasteiger partial charge in [-0.15, -0.1) is 0 Å². The maximum absolute atomic E-state index is 10.7. The fourth-order valence-corrected chi connectivity index (χ4v) is 1.32. The lowest BCUT2D eigenvalue weighted by molar-refractivity contribution is -0.383. The molecule has 0 saturated carbocycles. The monoisotopic (exact) mass is 207 g/mol. The number of benzene rings is 1. The third-order valence-corrected chi connectivity index (χ3v) is 1.98. The zero-order valence-corrected chi connectivity index (χ0v) is 7.34. The number of nitro benzene ring substituents is 1. The van der Waals surface area contributed by atoms with E-state index in [4.69, 9.17) is 9.52 Å². The molecule has 76 valence electrons. The number of nitrogens with zero attached hydrogens (tertiary/aromatic N) is 1. The van der Waals surface area contributed by atoms with E-state index in [1.165, 1.54) is 18.4 Å². The van der Waals surface area contributed by atoms with Crippen molar-refractivity contribution in [3.8, 4) is 0 Å². The van der Waals surface area contributed by atoms with Crippen LogP contribution in [0.3, 0.4) is 0 Å². The van der Waals surface area contributed by atoms with Gasteiger partial charge in [0.15, 0.2) is 0 Å². The molecule has 1 aromatic heterocycles. The average molecular weight is 207 g/mol. The molecule has 0 unspecified atom stereocenters. The predicted molar refractivity (Wildman–Crippen MR) is 49.8 cm³/mol. The zero-order valence-electron chi connectivity index (χ0n) is 7.34. The summed E-state index contributed by atoms with van der Waals surface area (Å²) in [4.78, 5) is 20.7. The van der Waals surface area contributed by atoms with E-state index >= 15 is 0 Å². The van der Waals surface area contributed by atoms with Gasteiger partial charge < -0.3 is 9.52 Å². The second-order valence-electron chi connectivity index (χ2n) is 2.90. The van der Waals surface area contributed by atoms with Crippen LogP contribution in [0.4, 0.5) is 5.69 Å². The van der Waals surface area contributed by atoms with Crippen LogP contribution in [0.25, 0.3) is 11.0 Å². The molecule has 1 N–H and O–H groups in total. The summed E-state index contributed by atoms with van der Waals surface area (Å²) in [6.45, 7) is 0. The predicted octanol–water partition coefficient (Wildman–Crippen LogP) is 2.04. The number of hydrogen-bond acceptors (Lipinski definition) is 4. The summed E-state index contributed by atoms with van der Waals surface area (Å²) in [6.07, 6.45) is 1.28. The Balaban J connectivity index is 2.80. The molecule has 0 amide bonds. The Labute approximate surface area is 82.9 Å². The number of carboxylic acids is 1. The van der Waals surface area contributed by atoms with Crippen LogP contribution in [0.15, 0.2) is 28.9 Å². The largest absolute Gasteiger partial charge is 0.478 e. The number of carbonyl (C=O) groups is 1. The highest BCUT2D eigenvalue weighted by Gasteiger charge is 2.18. The maximum Gasteiger partial charge on any atom is 0.335 e. The van der Waals surface area contributed by atoms with Gasteiger partial charge in [0.2, 0.25) is 5.58 Å². The van der Waals surface area contributed by atoms with Crippen molar-refractivity contribution in [3.63, 3.8) is 0 Å². The summed E-state index contributed by atoms with van der Waals surface area (Å²) in [5.74, 6) is -1.21. The zero-order chi connectivity index (χ0) is 11.0. The molecular weight excluding hydrogens is 202 g/mol. The van der Waals surface area contributed by atoms with E-state index < -0.39 is 10.9 Å². The summed E-state index contributed by atoms with van der Waals surface area (Å²) in [5, 5.41) is 19.8. The number of rotatable bonds is 2. The highest BCUT2D eigenvalue weighted by atomic mass is 16.6. The van der Waals surface area contributed by atoms with Gasteiger partial charge in [0, 0.05) is 11.5 Å². The standard InChI is InChI=1S/C9H5NO5/c11-9(12)6-3-5-1-2-15-8(5)7(4-6)10(13)14/h1-4H,(H,11,12). The van der Waals surface area contributed by atoms with E-state index in [0.717, 1.165) is 6.07 Å². The highest BCUT2D eigenvalue weighted by molar-refractivity contribution is 5.96. The first kappa shape index (κ1) is 9.20. The minimum atomic E-state index is -1.21. The van der Waals surface area contributed by atoms with Crippen LogP contribution in [0.5, 0.6) is 0 Å². The molecule has 0 aliphatic rings. The number of carboxylic acid groups (broad SMARTS) is 1. The topological polar surface area (TPSA) is 93.6 Å². The molecule has 0 atom stereocenters. The Bertz CT molecular complexity index is 557. The second kappa shape index (κ2) is 3.09. The van der Waals surface area contributed by atoms with Crippen molar-refractivity contribution in [2.24, 2.45) is 0 Å². The van der Waals surface area contributed by atoms with Gasteiger partial charge in [-0.3, -0.25) is 10.1 Å². The van der Waals surface area contributed by atoms with Crippen molar-refractivity contribution in [1.29, 1.82) is 0 Å². The summed E-state index contributed by atoms with van der Waals surface area (Å²) in [5.41, 5.74) is -0.379. The lowest BCUT2D eigenvalue weighted by Gasteiger charge is -1.96. The Morgan fingerprint density at radius 1 is 1.47 bits per heavy atom. The lowest BCUT2D eigenvalue weighted by Crippen LogP contribution is -1.98. The molecule has 0 bridgehead atoms. The van der Waals surface area contributed by atoms with Crippen molar-refractivity contribution in [2.45, 2.75) is 0 Å². The van der Waals surface area contributed by atoms with E-state index in [1.54, 1.807) is 0 Å². The van der Waals surface area contributed by atoms with Crippen molar-refractivity contribution in [2.75, 3.05) is 0 Å². The summed E-state index contributed by atoms with van der Waals surface area (Å²) in [6, 6.07) is 3.79. The third-order valence-electron chi connectivity index (χ3n) is 1.98. The molecule has 1 heterocycles. The van der Waals surface area contributed by atoms with Crippen molar-refractivity contribution < 1.29 is 19.2 Å². The molecule has 6 heteroatoms. The number of hydrogen-bond donors (Lipinski definition) is 1. The fourth-order valence-electron chi connectivity index (χ4n) is 1.32. The first-order valence-electron chi connectivity index (χ1n) is 3.98. The Hall–Kier alpha value is -2.37. The molecule has 0 fully saturated rings. The van der Waals surface area contributed by atoms with Gasteiger partial charge in [-0.1, -0.05) is 0 Å². The Morgan fingerprint density at radius 3 is 2.80 bits per heavy atom. The maximum atomic E-state index is 10.7. The number of nitro groups is 1. The molecule has 0 aliphatic heterocycles. The summed E-state index contributed by atoms with van der Waals surface area (Å²) >= 11 is 0. The molecule has 0 spiro atoms. The number of non-ortho nitro benzene ring substituents is 1. The molecule has 15 heavy (non-hydrogen) atoms. The van der Waals surface area contributed by atoms with Crippen molar-refractivity contribution in [3.05, 3.63) is 40.1 Å². The first-order valence-corrected chi connectivity index (χ1v) is 3.98. The second-order valence-corrected chi connectivity index (χ2v) is 2.90. The van der Waals surface area contributed by atoms with Crippen molar-refractivity contribution in [1.82, 2.24) is 0 Å². The normalized spacial score (nSPS) is 10.4. The fraction of sp³-hybridized carbons (Fsp3) is 0. The van der Waals surface area contributed by atoms with E-state index in [9.17, 15) is 14.9 Å². The molecular formula is C9H5NO5. The van der Waals surface area contributed by atoms with Gasteiger partial charge >= 0.3 is 11.7 Å². The quantitative estimate of drug-likeness (QED) is 0.600. The minimum Gasteiger partial charge on any atom is -0.478 e. The van der Waals surface area contributed by atoms with Crippen LogP contribution < -0.4 is 0 Å².